The van der Waals surface area contributed by atoms with Gasteiger partial charge in [0.15, 0.2) is 0 Å². The minimum atomic E-state index is 0.0458. The Morgan fingerprint density at radius 1 is 0.548 bits per heavy atom. The molecule has 0 aliphatic carbocycles. The Balaban J connectivity index is 1.91. The Morgan fingerprint density at radius 3 is 1.10 bits per heavy atom. The van der Waals surface area contributed by atoms with E-state index in [-0.39, 0.29) is 18.1 Å². The lowest BCUT2D eigenvalue weighted by Gasteiger charge is -2.42. The number of nitrogens with two attached hydrogens (primary N) is 3. The van der Waals surface area contributed by atoms with Gasteiger partial charge in [-0.2, -0.15) is 0 Å². The van der Waals surface area contributed by atoms with Crippen LogP contribution in [0.4, 0.5) is 0 Å². The van der Waals surface area contributed by atoms with E-state index in [1.807, 2.05) is 73.2 Å². The average Bonchev–Trinajstić information content (AvgIpc) is 2.84. The second kappa shape index (κ2) is 12.2. The normalized spacial score (nSPS) is 14.3. The van der Waals surface area contributed by atoms with Crippen molar-refractivity contribution >= 4 is 0 Å². The molecule has 0 saturated heterocycles. The van der Waals surface area contributed by atoms with Crippen molar-refractivity contribution in [3.05, 3.63) is 90.3 Å². The van der Waals surface area contributed by atoms with Crippen LogP contribution in [0.3, 0.4) is 0 Å². The Labute approximate surface area is 184 Å². The Kier molecular flexibility index (Phi) is 9.05. The van der Waals surface area contributed by atoms with Gasteiger partial charge in [-0.1, -0.05) is 18.2 Å². The predicted octanol–water partition coefficient (Wildman–Crippen LogP) is 1.18. The quantitative estimate of drug-likeness (QED) is 0.403. The second-order valence-corrected chi connectivity index (χ2v) is 7.69. The largest absolute Gasteiger partial charge is 0.329 e. The lowest BCUT2D eigenvalue weighted by molar-refractivity contribution is 0.0846. The number of hydrogen-bond acceptors (Lipinski definition) is 7. The minimum absolute atomic E-state index is 0.0458. The molecule has 3 unspecified atom stereocenters. The molecule has 3 rings (SSSR count). The van der Waals surface area contributed by atoms with Crippen LogP contribution < -0.4 is 17.2 Å². The van der Waals surface area contributed by atoms with Crippen molar-refractivity contribution in [2.24, 2.45) is 17.2 Å². The van der Waals surface area contributed by atoms with E-state index in [0.29, 0.717) is 19.6 Å². The maximum atomic E-state index is 6.31. The molecular formula is C24H33N7. The highest BCUT2D eigenvalue weighted by molar-refractivity contribution is 5.11. The summed E-state index contributed by atoms with van der Waals surface area (Å²) in [4.78, 5) is 16.0. The monoisotopic (exact) mass is 419 g/mol. The third-order valence-electron chi connectivity index (χ3n) is 5.59. The van der Waals surface area contributed by atoms with Gasteiger partial charge in [0.2, 0.25) is 0 Å². The molecule has 0 saturated carbocycles. The van der Waals surface area contributed by atoms with E-state index in [4.69, 9.17) is 17.2 Å². The first kappa shape index (κ1) is 23.0. The summed E-state index contributed by atoms with van der Waals surface area (Å²) in [5, 5.41) is 0. The van der Waals surface area contributed by atoms with Crippen molar-refractivity contribution in [2.75, 3.05) is 19.6 Å². The molecule has 31 heavy (non-hydrogen) atoms. The number of aromatic nitrogens is 3. The first-order valence-corrected chi connectivity index (χ1v) is 10.8. The van der Waals surface area contributed by atoms with E-state index in [9.17, 15) is 0 Å². The summed E-state index contributed by atoms with van der Waals surface area (Å²) in [5.74, 6) is 0. The molecule has 0 aliphatic rings. The van der Waals surface area contributed by atoms with E-state index in [1.165, 1.54) is 0 Å². The topological polar surface area (TPSA) is 120 Å². The molecule has 6 N–H and O–H groups in total. The first-order valence-electron chi connectivity index (χ1n) is 10.8. The van der Waals surface area contributed by atoms with Gasteiger partial charge < -0.3 is 17.2 Å². The molecular weight excluding hydrogens is 386 g/mol. The highest BCUT2D eigenvalue weighted by Gasteiger charge is 2.32. The summed E-state index contributed by atoms with van der Waals surface area (Å²) >= 11 is 0. The summed E-state index contributed by atoms with van der Waals surface area (Å²) in [7, 11) is 0. The molecule has 3 aromatic heterocycles. The van der Waals surface area contributed by atoms with Crippen molar-refractivity contribution in [1.29, 1.82) is 0 Å². The second-order valence-electron chi connectivity index (χ2n) is 7.69. The molecule has 0 fully saturated rings. The van der Waals surface area contributed by atoms with Crippen LogP contribution in [-0.2, 0) is 19.3 Å². The van der Waals surface area contributed by atoms with E-state index in [1.54, 1.807) is 0 Å². The van der Waals surface area contributed by atoms with Gasteiger partial charge in [0.1, 0.15) is 0 Å². The first-order chi connectivity index (χ1) is 15.2. The SMILES string of the molecule is NCC(Cc1ccccn1)N(C(CN)Cc1ccccn1)C(CN)Cc1ccccn1. The van der Waals surface area contributed by atoms with Gasteiger partial charge in [-0.15, -0.1) is 0 Å². The van der Waals surface area contributed by atoms with Gasteiger partial charge in [0, 0.05) is 92.7 Å². The third kappa shape index (κ3) is 6.63. The smallest absolute Gasteiger partial charge is 0.0419 e. The molecule has 3 aromatic rings. The molecule has 3 atom stereocenters. The highest BCUT2D eigenvalue weighted by atomic mass is 15.2. The molecule has 0 aromatic carbocycles. The number of nitrogens with zero attached hydrogens (tertiary/aromatic N) is 4. The fourth-order valence-corrected chi connectivity index (χ4v) is 4.11. The molecule has 7 nitrogen and oxygen atoms in total. The van der Waals surface area contributed by atoms with Crippen LogP contribution in [0.1, 0.15) is 17.1 Å². The van der Waals surface area contributed by atoms with Crippen LogP contribution in [0.25, 0.3) is 0 Å². The standard InChI is InChI=1S/C24H33N7/c25-16-22(13-19-7-1-4-10-28-19)31(23(17-26)14-20-8-2-5-11-29-20)24(18-27)15-21-9-3-6-12-30-21/h1-12,22-24H,13-18,25-27H2. The fourth-order valence-electron chi connectivity index (χ4n) is 4.11. The molecule has 164 valence electrons. The lowest BCUT2D eigenvalue weighted by Crippen LogP contribution is -2.59. The zero-order chi connectivity index (χ0) is 21.9. The molecule has 0 radical (unpaired) electrons. The van der Waals surface area contributed by atoms with Crippen molar-refractivity contribution in [1.82, 2.24) is 19.9 Å². The maximum Gasteiger partial charge on any atom is 0.0419 e. The van der Waals surface area contributed by atoms with Gasteiger partial charge in [0.25, 0.3) is 0 Å². The van der Waals surface area contributed by atoms with E-state index in [0.717, 1.165) is 36.3 Å². The summed E-state index contributed by atoms with van der Waals surface area (Å²) in [6, 6.07) is 18.0. The molecule has 0 bridgehead atoms. The summed E-state index contributed by atoms with van der Waals surface area (Å²) in [5.41, 5.74) is 21.9. The summed E-state index contributed by atoms with van der Waals surface area (Å²) in [6.45, 7) is 1.44. The van der Waals surface area contributed by atoms with Crippen LogP contribution >= 0.6 is 0 Å². The zero-order valence-corrected chi connectivity index (χ0v) is 17.9. The molecule has 0 amide bonds. The van der Waals surface area contributed by atoms with E-state index >= 15 is 0 Å². The van der Waals surface area contributed by atoms with Crippen LogP contribution in [0, 0.1) is 0 Å². The zero-order valence-electron chi connectivity index (χ0n) is 17.9. The van der Waals surface area contributed by atoms with Crippen molar-refractivity contribution in [3.63, 3.8) is 0 Å². The highest BCUT2D eigenvalue weighted by Crippen LogP contribution is 2.19. The van der Waals surface area contributed by atoms with Gasteiger partial charge in [0.05, 0.1) is 0 Å². The molecule has 3 heterocycles. The van der Waals surface area contributed by atoms with Gasteiger partial charge in [-0.25, -0.2) is 0 Å². The van der Waals surface area contributed by atoms with Crippen LogP contribution in [0.5, 0.6) is 0 Å². The van der Waals surface area contributed by atoms with Crippen molar-refractivity contribution in [2.45, 2.75) is 37.4 Å². The Bertz CT molecular complexity index is 743. The number of pyridine rings is 3. The Hall–Kier alpha value is -2.71. The van der Waals surface area contributed by atoms with Gasteiger partial charge >= 0.3 is 0 Å². The number of hydrogen-bond donors (Lipinski definition) is 3. The van der Waals surface area contributed by atoms with Crippen LogP contribution in [0.15, 0.2) is 73.2 Å². The number of rotatable bonds is 12. The van der Waals surface area contributed by atoms with E-state index < -0.39 is 0 Å². The predicted molar refractivity (Wildman–Crippen MR) is 124 cm³/mol. The maximum absolute atomic E-state index is 6.31. The molecule has 0 spiro atoms. The minimum Gasteiger partial charge on any atom is -0.329 e. The summed E-state index contributed by atoms with van der Waals surface area (Å²) in [6.07, 6.45) is 7.64. The van der Waals surface area contributed by atoms with Crippen molar-refractivity contribution in [3.8, 4) is 0 Å². The average molecular weight is 420 g/mol. The van der Waals surface area contributed by atoms with Gasteiger partial charge in [-0.3, -0.25) is 19.9 Å². The molecule has 7 heteroatoms. The lowest BCUT2D eigenvalue weighted by atomic mass is 9.97. The van der Waals surface area contributed by atoms with Crippen LogP contribution in [-0.4, -0.2) is 57.6 Å². The van der Waals surface area contributed by atoms with Crippen LogP contribution in [0.2, 0.25) is 0 Å². The van der Waals surface area contributed by atoms with Crippen molar-refractivity contribution < 1.29 is 0 Å². The van der Waals surface area contributed by atoms with E-state index in [2.05, 4.69) is 19.9 Å². The third-order valence-corrected chi connectivity index (χ3v) is 5.59. The molecule has 0 aliphatic heterocycles. The fraction of sp³-hybridized carbons (Fsp3) is 0.375. The summed E-state index contributed by atoms with van der Waals surface area (Å²) < 4.78 is 0. The van der Waals surface area contributed by atoms with Gasteiger partial charge in [-0.05, 0) is 36.4 Å². The Morgan fingerprint density at radius 2 is 0.871 bits per heavy atom.